The predicted octanol–water partition coefficient (Wildman–Crippen LogP) is 4.95. The van der Waals surface area contributed by atoms with E-state index in [2.05, 4.69) is 29.6 Å². The van der Waals surface area contributed by atoms with Crippen molar-refractivity contribution in [3.63, 3.8) is 0 Å². The lowest BCUT2D eigenvalue weighted by Crippen LogP contribution is -2.40. The van der Waals surface area contributed by atoms with Gasteiger partial charge in [0.2, 0.25) is 0 Å². The van der Waals surface area contributed by atoms with Crippen molar-refractivity contribution in [2.24, 2.45) is 5.41 Å². The summed E-state index contributed by atoms with van der Waals surface area (Å²) >= 11 is 0. The SMILES string of the molecule is O=C(O)CC1(CNC(=O)OCC2c3ccccc3-c3ccccc32)CCCCC1. The Hall–Kier alpha value is -2.82. The van der Waals surface area contributed by atoms with Crippen LogP contribution in [-0.4, -0.2) is 30.3 Å². The highest BCUT2D eigenvalue weighted by Crippen LogP contribution is 2.44. The van der Waals surface area contributed by atoms with Crippen LogP contribution in [0.3, 0.4) is 0 Å². The molecule has 1 saturated carbocycles. The zero-order valence-corrected chi connectivity index (χ0v) is 16.5. The monoisotopic (exact) mass is 393 g/mol. The minimum atomic E-state index is -0.804. The summed E-state index contributed by atoms with van der Waals surface area (Å²) in [7, 11) is 0. The Morgan fingerprint density at radius 3 is 2.14 bits per heavy atom. The van der Waals surface area contributed by atoms with Crippen molar-refractivity contribution in [3.8, 4) is 11.1 Å². The fraction of sp³-hybridized carbons (Fsp3) is 0.417. The molecule has 1 amide bonds. The highest BCUT2D eigenvalue weighted by atomic mass is 16.5. The smallest absolute Gasteiger partial charge is 0.407 e. The molecular weight excluding hydrogens is 366 g/mol. The number of aliphatic carboxylic acids is 1. The van der Waals surface area contributed by atoms with Crippen LogP contribution >= 0.6 is 0 Å². The summed E-state index contributed by atoms with van der Waals surface area (Å²) in [5.41, 5.74) is 4.39. The van der Waals surface area contributed by atoms with E-state index >= 15 is 0 Å². The van der Waals surface area contributed by atoms with Crippen LogP contribution in [0.5, 0.6) is 0 Å². The molecule has 2 aliphatic carbocycles. The van der Waals surface area contributed by atoms with E-state index in [1.807, 2.05) is 24.3 Å². The van der Waals surface area contributed by atoms with Crippen molar-refractivity contribution in [1.29, 1.82) is 0 Å². The van der Waals surface area contributed by atoms with E-state index in [1.165, 1.54) is 22.3 Å². The van der Waals surface area contributed by atoms with Gasteiger partial charge in [0, 0.05) is 12.5 Å². The molecule has 2 N–H and O–H groups in total. The van der Waals surface area contributed by atoms with Crippen LogP contribution in [0.1, 0.15) is 55.6 Å². The van der Waals surface area contributed by atoms with Crippen molar-refractivity contribution in [2.75, 3.05) is 13.2 Å². The van der Waals surface area contributed by atoms with Crippen LogP contribution < -0.4 is 5.32 Å². The van der Waals surface area contributed by atoms with Crippen molar-refractivity contribution in [3.05, 3.63) is 59.7 Å². The number of hydrogen-bond acceptors (Lipinski definition) is 3. The van der Waals surface area contributed by atoms with Gasteiger partial charge in [-0.3, -0.25) is 4.79 Å². The van der Waals surface area contributed by atoms with E-state index in [4.69, 9.17) is 4.74 Å². The number of benzene rings is 2. The summed E-state index contributed by atoms with van der Waals surface area (Å²) in [5.74, 6) is -0.781. The van der Waals surface area contributed by atoms with E-state index in [9.17, 15) is 14.7 Å². The molecule has 0 spiro atoms. The first-order valence-corrected chi connectivity index (χ1v) is 10.4. The van der Waals surface area contributed by atoms with Gasteiger partial charge in [-0.25, -0.2) is 4.79 Å². The lowest BCUT2D eigenvalue weighted by molar-refractivity contribution is -0.140. The average Bonchev–Trinajstić information content (AvgIpc) is 3.05. The largest absolute Gasteiger partial charge is 0.481 e. The van der Waals surface area contributed by atoms with Gasteiger partial charge in [-0.05, 0) is 40.5 Å². The highest BCUT2D eigenvalue weighted by Gasteiger charge is 2.35. The van der Waals surface area contributed by atoms with E-state index in [1.54, 1.807) is 0 Å². The number of hydrogen-bond donors (Lipinski definition) is 2. The third-order valence-corrected chi connectivity index (χ3v) is 6.39. The summed E-state index contributed by atoms with van der Waals surface area (Å²) in [6.07, 6.45) is 4.45. The Labute approximate surface area is 171 Å². The van der Waals surface area contributed by atoms with Crippen LogP contribution in [0.25, 0.3) is 11.1 Å². The summed E-state index contributed by atoms with van der Waals surface area (Å²) in [4.78, 5) is 23.7. The molecule has 2 aliphatic rings. The molecule has 0 saturated heterocycles. The zero-order chi connectivity index (χ0) is 20.3. The second-order valence-electron chi connectivity index (χ2n) is 8.31. The summed E-state index contributed by atoms with van der Waals surface area (Å²) < 4.78 is 5.58. The Bertz CT molecular complexity index is 856. The van der Waals surface area contributed by atoms with Gasteiger partial charge in [0.25, 0.3) is 0 Å². The number of carboxylic acid groups (broad SMARTS) is 1. The van der Waals surface area contributed by atoms with Gasteiger partial charge in [0.15, 0.2) is 0 Å². The maximum atomic E-state index is 12.4. The third kappa shape index (κ3) is 4.14. The molecule has 2 aromatic rings. The number of rotatable bonds is 6. The number of fused-ring (bicyclic) bond motifs is 3. The van der Waals surface area contributed by atoms with Crippen LogP contribution in [0.4, 0.5) is 4.79 Å². The molecule has 0 bridgehead atoms. The van der Waals surface area contributed by atoms with Crippen LogP contribution in [-0.2, 0) is 9.53 Å². The quantitative estimate of drug-likeness (QED) is 0.728. The Balaban J connectivity index is 1.39. The summed E-state index contributed by atoms with van der Waals surface area (Å²) in [6.45, 7) is 0.627. The highest BCUT2D eigenvalue weighted by molar-refractivity contribution is 5.79. The van der Waals surface area contributed by atoms with E-state index in [0.29, 0.717) is 6.54 Å². The van der Waals surface area contributed by atoms with E-state index in [-0.39, 0.29) is 24.4 Å². The summed E-state index contributed by atoms with van der Waals surface area (Å²) in [5, 5.41) is 12.1. The zero-order valence-electron chi connectivity index (χ0n) is 16.5. The molecule has 0 unspecified atom stereocenters. The minimum absolute atomic E-state index is 0.0239. The average molecular weight is 393 g/mol. The number of ether oxygens (including phenoxy) is 1. The Morgan fingerprint density at radius 2 is 1.55 bits per heavy atom. The molecule has 29 heavy (non-hydrogen) atoms. The maximum absolute atomic E-state index is 12.4. The van der Waals surface area contributed by atoms with Gasteiger partial charge in [-0.15, -0.1) is 0 Å². The number of nitrogens with one attached hydrogen (secondary N) is 1. The van der Waals surface area contributed by atoms with Gasteiger partial charge < -0.3 is 15.2 Å². The molecule has 0 radical (unpaired) electrons. The lowest BCUT2D eigenvalue weighted by Gasteiger charge is -2.36. The van der Waals surface area contributed by atoms with Crippen molar-refractivity contribution < 1.29 is 19.4 Å². The van der Waals surface area contributed by atoms with Crippen LogP contribution in [0.2, 0.25) is 0 Å². The Kier molecular flexibility index (Phi) is 5.56. The first-order chi connectivity index (χ1) is 14.1. The molecule has 0 aromatic heterocycles. The molecular formula is C24H27NO4. The number of alkyl carbamates (subject to hydrolysis) is 1. The fourth-order valence-corrected chi connectivity index (χ4v) is 4.95. The van der Waals surface area contributed by atoms with Crippen LogP contribution in [0, 0.1) is 5.41 Å². The van der Waals surface area contributed by atoms with E-state index < -0.39 is 12.1 Å². The first-order valence-electron chi connectivity index (χ1n) is 10.4. The summed E-state index contributed by atoms with van der Waals surface area (Å²) in [6, 6.07) is 16.5. The number of carbonyl (C=O) groups is 2. The topological polar surface area (TPSA) is 75.6 Å². The van der Waals surface area contributed by atoms with Gasteiger partial charge in [0.05, 0.1) is 6.42 Å². The first kappa shape index (κ1) is 19.5. The minimum Gasteiger partial charge on any atom is -0.481 e. The van der Waals surface area contributed by atoms with Gasteiger partial charge in [0.1, 0.15) is 6.61 Å². The second-order valence-corrected chi connectivity index (χ2v) is 8.31. The molecule has 2 aromatic carbocycles. The number of amides is 1. The van der Waals surface area contributed by atoms with Crippen molar-refractivity contribution >= 4 is 12.1 Å². The van der Waals surface area contributed by atoms with Gasteiger partial charge >= 0.3 is 12.1 Å². The predicted molar refractivity (Wildman–Crippen MR) is 111 cm³/mol. The normalized spacial score (nSPS) is 17.2. The lowest BCUT2D eigenvalue weighted by atomic mass is 9.72. The van der Waals surface area contributed by atoms with Crippen molar-refractivity contribution in [2.45, 2.75) is 44.4 Å². The maximum Gasteiger partial charge on any atom is 0.407 e. The molecule has 1 fully saturated rings. The number of carbonyl (C=O) groups excluding carboxylic acids is 1. The second kappa shape index (κ2) is 8.27. The fourth-order valence-electron chi connectivity index (χ4n) is 4.95. The van der Waals surface area contributed by atoms with Gasteiger partial charge in [-0.2, -0.15) is 0 Å². The molecule has 0 aliphatic heterocycles. The molecule has 5 nitrogen and oxygen atoms in total. The molecule has 0 atom stereocenters. The van der Waals surface area contributed by atoms with Gasteiger partial charge in [-0.1, -0.05) is 67.8 Å². The standard InChI is InChI=1S/C24H27NO4/c26-22(27)14-24(12-6-1-7-13-24)16-25-23(28)29-15-21-19-10-4-2-8-17(19)18-9-3-5-11-20(18)21/h2-5,8-11,21H,1,6-7,12-16H2,(H,25,28)(H,26,27). The van der Waals surface area contributed by atoms with E-state index in [0.717, 1.165) is 32.1 Å². The third-order valence-electron chi connectivity index (χ3n) is 6.39. The molecule has 4 rings (SSSR count). The molecule has 0 heterocycles. The number of carboxylic acids is 1. The van der Waals surface area contributed by atoms with Crippen LogP contribution in [0.15, 0.2) is 48.5 Å². The van der Waals surface area contributed by atoms with Crippen molar-refractivity contribution in [1.82, 2.24) is 5.32 Å². The molecule has 5 heteroatoms. The molecule has 152 valence electrons. The Morgan fingerprint density at radius 1 is 0.966 bits per heavy atom.